The molecule has 2 unspecified atom stereocenters. The third-order valence-electron chi connectivity index (χ3n) is 3.49. The number of hydrogen-bond acceptors (Lipinski definition) is 3. The molecular weight excluding hydrogens is 234 g/mol. The molecule has 0 radical (unpaired) electrons. The molecule has 0 saturated carbocycles. The second kappa shape index (κ2) is 5.10. The molecule has 0 fully saturated rings. The number of carbonyl (C=O) groups is 2. The molecular formula is C13H21NO4. The lowest BCUT2D eigenvalue weighted by atomic mass is 9.65. The van der Waals surface area contributed by atoms with Crippen LogP contribution in [-0.4, -0.2) is 27.7 Å². The minimum absolute atomic E-state index is 0.0600. The van der Waals surface area contributed by atoms with E-state index in [1.165, 1.54) is 6.08 Å². The van der Waals surface area contributed by atoms with Crippen molar-refractivity contribution in [2.75, 3.05) is 0 Å². The fourth-order valence-corrected chi connectivity index (χ4v) is 2.74. The van der Waals surface area contributed by atoms with Crippen molar-refractivity contribution in [1.29, 1.82) is 0 Å². The van der Waals surface area contributed by atoms with E-state index in [0.717, 1.165) is 12.8 Å². The highest BCUT2D eigenvalue weighted by molar-refractivity contribution is 5.89. The van der Waals surface area contributed by atoms with Crippen LogP contribution < -0.4 is 5.73 Å². The highest BCUT2D eigenvalue weighted by Gasteiger charge is 2.47. The van der Waals surface area contributed by atoms with Crippen molar-refractivity contribution in [3.63, 3.8) is 0 Å². The van der Waals surface area contributed by atoms with E-state index in [9.17, 15) is 14.7 Å². The molecule has 0 heterocycles. The van der Waals surface area contributed by atoms with Crippen LogP contribution in [0.3, 0.4) is 0 Å². The predicted octanol–water partition coefficient (Wildman–Crippen LogP) is 1.77. The van der Waals surface area contributed by atoms with Gasteiger partial charge in [-0.1, -0.05) is 25.8 Å². The van der Waals surface area contributed by atoms with Crippen LogP contribution in [0.2, 0.25) is 0 Å². The van der Waals surface area contributed by atoms with Crippen molar-refractivity contribution >= 4 is 11.9 Å². The van der Waals surface area contributed by atoms with Gasteiger partial charge in [0.2, 0.25) is 0 Å². The molecule has 4 N–H and O–H groups in total. The lowest BCUT2D eigenvalue weighted by Crippen LogP contribution is -2.48. The lowest BCUT2D eigenvalue weighted by molar-refractivity contribution is -0.151. The fourth-order valence-electron chi connectivity index (χ4n) is 2.74. The Morgan fingerprint density at radius 2 is 2.06 bits per heavy atom. The maximum atomic E-state index is 11.6. The van der Waals surface area contributed by atoms with Gasteiger partial charge in [0.15, 0.2) is 0 Å². The first-order valence-corrected chi connectivity index (χ1v) is 6.20. The number of nitrogens with two attached hydrogens (primary N) is 1. The number of carboxylic acid groups (broad SMARTS) is 2. The van der Waals surface area contributed by atoms with Gasteiger partial charge in [-0.3, -0.25) is 4.79 Å². The molecule has 1 rings (SSSR count). The summed E-state index contributed by atoms with van der Waals surface area (Å²) in [4.78, 5) is 22.7. The molecule has 0 aromatic rings. The summed E-state index contributed by atoms with van der Waals surface area (Å²) < 4.78 is 0. The Morgan fingerprint density at radius 1 is 1.44 bits per heavy atom. The first-order chi connectivity index (χ1) is 8.22. The highest BCUT2D eigenvalue weighted by Crippen LogP contribution is 2.44. The first kappa shape index (κ1) is 14.7. The Balaban J connectivity index is 3.11. The summed E-state index contributed by atoms with van der Waals surface area (Å²) in [5.41, 5.74) is 4.19. The molecule has 5 nitrogen and oxygen atoms in total. The van der Waals surface area contributed by atoms with Gasteiger partial charge in [-0.05, 0) is 26.2 Å². The molecule has 5 heteroatoms. The van der Waals surface area contributed by atoms with E-state index >= 15 is 0 Å². The lowest BCUT2D eigenvalue weighted by Gasteiger charge is -2.40. The molecule has 0 aromatic carbocycles. The topological polar surface area (TPSA) is 101 Å². The Labute approximate surface area is 107 Å². The van der Waals surface area contributed by atoms with Crippen molar-refractivity contribution in [2.45, 2.75) is 51.5 Å². The average Bonchev–Trinajstić information content (AvgIpc) is 2.23. The molecule has 0 amide bonds. The molecule has 0 saturated heterocycles. The van der Waals surface area contributed by atoms with E-state index in [-0.39, 0.29) is 18.4 Å². The first-order valence-electron chi connectivity index (χ1n) is 6.20. The second-order valence-electron chi connectivity index (χ2n) is 5.52. The molecule has 1 aliphatic carbocycles. The van der Waals surface area contributed by atoms with Crippen LogP contribution in [0, 0.1) is 5.41 Å². The summed E-state index contributed by atoms with van der Waals surface area (Å²) in [6.07, 6.45) is 3.94. The summed E-state index contributed by atoms with van der Waals surface area (Å²) in [5, 5.41) is 18.6. The van der Waals surface area contributed by atoms with Crippen LogP contribution in [0.15, 0.2) is 11.6 Å². The van der Waals surface area contributed by atoms with E-state index in [4.69, 9.17) is 10.8 Å². The van der Waals surface area contributed by atoms with E-state index in [0.29, 0.717) is 6.42 Å². The number of unbranched alkanes of at least 4 members (excludes halogenated alkanes) is 1. The normalized spacial score (nSPS) is 31.8. The zero-order chi connectivity index (χ0) is 14.0. The Kier molecular flexibility index (Phi) is 4.16. The van der Waals surface area contributed by atoms with Crippen LogP contribution in [0.1, 0.15) is 46.0 Å². The second-order valence-corrected chi connectivity index (χ2v) is 5.52. The van der Waals surface area contributed by atoms with E-state index in [1.807, 2.05) is 6.92 Å². The highest BCUT2D eigenvalue weighted by atomic mass is 16.4. The Bertz CT molecular complexity index is 386. The van der Waals surface area contributed by atoms with Crippen molar-refractivity contribution in [2.24, 2.45) is 11.1 Å². The fraction of sp³-hybridized carbons (Fsp3) is 0.692. The maximum Gasteiger partial charge on any atom is 0.331 e. The maximum absolute atomic E-state index is 11.6. The van der Waals surface area contributed by atoms with Gasteiger partial charge < -0.3 is 15.9 Å². The van der Waals surface area contributed by atoms with Gasteiger partial charge in [-0.2, -0.15) is 0 Å². The molecule has 0 spiro atoms. The van der Waals surface area contributed by atoms with Crippen LogP contribution in [-0.2, 0) is 9.59 Å². The zero-order valence-electron chi connectivity index (χ0n) is 10.9. The number of hydrogen-bond donors (Lipinski definition) is 3. The number of aliphatic carboxylic acids is 2. The number of carboxylic acids is 2. The monoisotopic (exact) mass is 255 g/mol. The van der Waals surface area contributed by atoms with Gasteiger partial charge in [-0.15, -0.1) is 0 Å². The summed E-state index contributed by atoms with van der Waals surface area (Å²) in [5.74, 6) is -2.02. The summed E-state index contributed by atoms with van der Waals surface area (Å²) in [7, 11) is 0. The minimum atomic E-state index is -1.08. The van der Waals surface area contributed by atoms with Crippen molar-refractivity contribution in [3.8, 4) is 0 Å². The van der Waals surface area contributed by atoms with Gasteiger partial charge >= 0.3 is 11.9 Å². The molecule has 0 bridgehead atoms. The third kappa shape index (κ3) is 3.10. The van der Waals surface area contributed by atoms with Gasteiger partial charge in [0, 0.05) is 11.1 Å². The summed E-state index contributed by atoms with van der Waals surface area (Å²) >= 11 is 0. The zero-order valence-corrected chi connectivity index (χ0v) is 10.9. The largest absolute Gasteiger partial charge is 0.481 e. The smallest absolute Gasteiger partial charge is 0.331 e. The van der Waals surface area contributed by atoms with Crippen LogP contribution in [0.5, 0.6) is 0 Å². The van der Waals surface area contributed by atoms with Gasteiger partial charge in [-0.25, -0.2) is 4.79 Å². The van der Waals surface area contributed by atoms with Gasteiger partial charge in [0.1, 0.15) is 0 Å². The standard InChI is InChI=1S/C13H21NO4/c1-3-4-5-13(11(17)18)7-9(10(15)16)6-12(2,14)8-13/h6H,3-5,7-8,14H2,1-2H3,(H,15,16)(H,17,18). The summed E-state index contributed by atoms with van der Waals surface area (Å²) in [6, 6.07) is 0. The molecule has 102 valence electrons. The van der Waals surface area contributed by atoms with Crippen LogP contribution >= 0.6 is 0 Å². The Hall–Kier alpha value is -1.36. The minimum Gasteiger partial charge on any atom is -0.481 e. The Morgan fingerprint density at radius 3 is 2.50 bits per heavy atom. The molecule has 0 aromatic heterocycles. The predicted molar refractivity (Wildman–Crippen MR) is 67.1 cm³/mol. The van der Waals surface area contributed by atoms with Crippen molar-refractivity contribution in [3.05, 3.63) is 11.6 Å². The van der Waals surface area contributed by atoms with E-state index < -0.39 is 22.9 Å². The number of rotatable bonds is 5. The molecule has 18 heavy (non-hydrogen) atoms. The van der Waals surface area contributed by atoms with Crippen LogP contribution in [0.4, 0.5) is 0 Å². The summed E-state index contributed by atoms with van der Waals surface area (Å²) in [6.45, 7) is 3.66. The third-order valence-corrected chi connectivity index (χ3v) is 3.49. The van der Waals surface area contributed by atoms with Crippen molar-refractivity contribution in [1.82, 2.24) is 0 Å². The SMILES string of the molecule is CCCCC1(C(=O)O)CC(C(=O)O)=CC(C)(N)C1. The van der Waals surface area contributed by atoms with Gasteiger partial charge in [0.25, 0.3) is 0 Å². The quantitative estimate of drug-likeness (QED) is 0.695. The molecule has 2 atom stereocenters. The van der Waals surface area contributed by atoms with E-state index in [2.05, 4.69) is 0 Å². The van der Waals surface area contributed by atoms with E-state index in [1.54, 1.807) is 6.92 Å². The molecule has 0 aliphatic heterocycles. The average molecular weight is 255 g/mol. The van der Waals surface area contributed by atoms with Crippen molar-refractivity contribution < 1.29 is 19.8 Å². The van der Waals surface area contributed by atoms with Crippen LogP contribution in [0.25, 0.3) is 0 Å². The molecule has 1 aliphatic rings. The van der Waals surface area contributed by atoms with Gasteiger partial charge in [0.05, 0.1) is 5.41 Å².